The van der Waals surface area contributed by atoms with Gasteiger partial charge in [0.15, 0.2) is 0 Å². The molecule has 2 rings (SSSR count). The lowest BCUT2D eigenvalue weighted by molar-refractivity contribution is 0.209. The number of rotatable bonds is 6. The quantitative estimate of drug-likeness (QED) is 0.661. The predicted octanol–water partition coefficient (Wildman–Crippen LogP) is 6.01. The fraction of sp³-hybridized carbons (Fsp3) is 0.684. The van der Waals surface area contributed by atoms with E-state index < -0.39 is 0 Å². The van der Waals surface area contributed by atoms with Crippen molar-refractivity contribution in [2.45, 2.75) is 65.3 Å². The second-order valence-corrected chi connectivity index (χ2v) is 7.51. The van der Waals surface area contributed by atoms with Gasteiger partial charge in [-0.25, -0.2) is 0 Å². The summed E-state index contributed by atoms with van der Waals surface area (Å²) in [6.07, 6.45) is 8.13. The Morgan fingerprint density at radius 3 is 2.76 bits per heavy atom. The molecule has 3 atom stereocenters. The maximum absolute atomic E-state index is 3.83. The molecule has 0 bridgehead atoms. The molecule has 1 nitrogen and oxygen atoms in total. The maximum atomic E-state index is 3.83. The first-order valence-electron chi connectivity index (χ1n) is 8.65. The van der Waals surface area contributed by atoms with Crippen molar-refractivity contribution in [3.63, 3.8) is 0 Å². The fourth-order valence-corrected chi connectivity index (χ4v) is 4.46. The van der Waals surface area contributed by atoms with E-state index in [9.17, 15) is 0 Å². The van der Waals surface area contributed by atoms with Gasteiger partial charge in [0, 0.05) is 10.5 Å². The van der Waals surface area contributed by atoms with Gasteiger partial charge in [0.1, 0.15) is 0 Å². The van der Waals surface area contributed by atoms with Gasteiger partial charge >= 0.3 is 0 Å². The van der Waals surface area contributed by atoms with Crippen molar-refractivity contribution in [2.24, 2.45) is 11.8 Å². The van der Waals surface area contributed by atoms with Crippen LogP contribution >= 0.6 is 15.9 Å². The monoisotopic (exact) mass is 351 g/mol. The van der Waals surface area contributed by atoms with Crippen molar-refractivity contribution in [1.82, 2.24) is 5.32 Å². The van der Waals surface area contributed by atoms with Gasteiger partial charge in [0.05, 0.1) is 0 Å². The van der Waals surface area contributed by atoms with Crippen molar-refractivity contribution in [2.75, 3.05) is 6.54 Å². The summed E-state index contributed by atoms with van der Waals surface area (Å²) >= 11 is 3.80. The average Bonchev–Trinajstić information content (AvgIpc) is 2.49. The molecule has 21 heavy (non-hydrogen) atoms. The zero-order chi connectivity index (χ0) is 15.2. The molecule has 1 aliphatic carbocycles. The van der Waals surface area contributed by atoms with Gasteiger partial charge in [-0.15, -0.1) is 0 Å². The van der Waals surface area contributed by atoms with Crippen LogP contribution in [0.1, 0.15) is 69.5 Å². The Hall–Kier alpha value is -0.340. The Balaban J connectivity index is 2.20. The molecule has 1 aromatic rings. The Bertz CT molecular complexity index is 443. The van der Waals surface area contributed by atoms with E-state index in [1.165, 1.54) is 54.1 Å². The molecular weight excluding hydrogens is 322 g/mol. The van der Waals surface area contributed by atoms with Crippen LogP contribution in [0.2, 0.25) is 0 Å². The van der Waals surface area contributed by atoms with Gasteiger partial charge in [0.25, 0.3) is 0 Å². The summed E-state index contributed by atoms with van der Waals surface area (Å²) in [5.74, 6) is 1.72. The standard InChI is InChI=1S/C19H30BrN/c1-4-11-21-19(16-8-6-7-15(5-2)13-16)17-10-9-14(3)12-18(17)20/h9-10,12,15-16,19,21H,4-8,11,13H2,1-3H3. The van der Waals surface area contributed by atoms with Gasteiger partial charge in [-0.3, -0.25) is 0 Å². The molecule has 0 heterocycles. The molecule has 3 unspecified atom stereocenters. The van der Waals surface area contributed by atoms with E-state index in [-0.39, 0.29) is 0 Å². The van der Waals surface area contributed by atoms with Gasteiger partial charge in [-0.1, -0.05) is 61.2 Å². The van der Waals surface area contributed by atoms with Gasteiger partial charge in [-0.2, -0.15) is 0 Å². The van der Waals surface area contributed by atoms with Crippen LogP contribution in [0, 0.1) is 18.8 Å². The highest BCUT2D eigenvalue weighted by Gasteiger charge is 2.29. The maximum Gasteiger partial charge on any atom is 0.0359 e. The Labute approximate surface area is 139 Å². The summed E-state index contributed by atoms with van der Waals surface area (Å²) < 4.78 is 1.27. The molecule has 0 spiro atoms. The number of nitrogens with one attached hydrogen (secondary N) is 1. The third-order valence-corrected chi connectivity index (χ3v) is 5.66. The average molecular weight is 352 g/mol. The molecule has 0 aromatic heterocycles. The van der Waals surface area contributed by atoms with Crippen LogP contribution in [0.15, 0.2) is 22.7 Å². The van der Waals surface area contributed by atoms with Crippen molar-refractivity contribution < 1.29 is 0 Å². The molecule has 1 aromatic carbocycles. The second kappa shape index (κ2) is 8.33. The molecule has 0 amide bonds. The summed E-state index contributed by atoms with van der Waals surface area (Å²) in [5, 5.41) is 3.83. The van der Waals surface area contributed by atoms with Crippen molar-refractivity contribution >= 4 is 15.9 Å². The largest absolute Gasteiger partial charge is 0.310 e. The fourth-order valence-electron chi connectivity index (χ4n) is 3.72. The zero-order valence-electron chi connectivity index (χ0n) is 13.8. The Kier molecular flexibility index (Phi) is 6.75. The van der Waals surface area contributed by atoms with E-state index >= 15 is 0 Å². The first-order chi connectivity index (χ1) is 10.2. The molecular formula is C19H30BrN. The number of halogens is 1. The van der Waals surface area contributed by atoms with E-state index in [1.54, 1.807) is 0 Å². The second-order valence-electron chi connectivity index (χ2n) is 6.66. The highest BCUT2D eigenvalue weighted by molar-refractivity contribution is 9.10. The number of hydrogen-bond acceptors (Lipinski definition) is 1. The molecule has 0 radical (unpaired) electrons. The van der Waals surface area contributed by atoms with Crippen molar-refractivity contribution in [3.05, 3.63) is 33.8 Å². The van der Waals surface area contributed by atoms with Crippen LogP contribution in [-0.2, 0) is 0 Å². The SMILES string of the molecule is CCCNC(c1ccc(C)cc1Br)C1CCCC(CC)C1. The van der Waals surface area contributed by atoms with Crippen LogP contribution in [0.4, 0.5) is 0 Å². The number of benzene rings is 1. The minimum absolute atomic E-state index is 0.509. The number of hydrogen-bond donors (Lipinski definition) is 1. The minimum Gasteiger partial charge on any atom is -0.310 e. The molecule has 118 valence electrons. The molecule has 1 saturated carbocycles. The molecule has 0 aliphatic heterocycles. The minimum atomic E-state index is 0.509. The van der Waals surface area contributed by atoms with Crippen LogP contribution < -0.4 is 5.32 Å². The van der Waals surface area contributed by atoms with Crippen LogP contribution in [-0.4, -0.2) is 6.54 Å². The Morgan fingerprint density at radius 1 is 1.29 bits per heavy atom. The molecule has 1 aliphatic rings. The lowest BCUT2D eigenvalue weighted by Crippen LogP contribution is -2.32. The van der Waals surface area contributed by atoms with E-state index in [2.05, 4.69) is 60.2 Å². The van der Waals surface area contributed by atoms with Crippen LogP contribution in [0.5, 0.6) is 0 Å². The van der Waals surface area contributed by atoms with Crippen molar-refractivity contribution in [3.8, 4) is 0 Å². The molecule has 0 saturated heterocycles. The summed E-state index contributed by atoms with van der Waals surface area (Å²) in [5.41, 5.74) is 2.78. The third kappa shape index (κ3) is 4.56. The van der Waals surface area contributed by atoms with Gasteiger partial charge in [0.2, 0.25) is 0 Å². The summed E-state index contributed by atoms with van der Waals surface area (Å²) in [4.78, 5) is 0. The molecule has 1 fully saturated rings. The van der Waals surface area contributed by atoms with Crippen molar-refractivity contribution in [1.29, 1.82) is 0 Å². The smallest absolute Gasteiger partial charge is 0.0359 e. The zero-order valence-corrected chi connectivity index (χ0v) is 15.4. The lowest BCUT2D eigenvalue weighted by Gasteiger charge is -2.35. The lowest BCUT2D eigenvalue weighted by atomic mass is 9.75. The van der Waals surface area contributed by atoms with Gasteiger partial charge in [-0.05, 0) is 61.8 Å². The molecule has 1 N–H and O–H groups in total. The summed E-state index contributed by atoms with van der Waals surface area (Å²) in [6.45, 7) is 7.88. The first-order valence-corrected chi connectivity index (χ1v) is 9.44. The number of aryl methyl sites for hydroxylation is 1. The van der Waals surface area contributed by atoms with E-state index in [1.807, 2.05) is 0 Å². The third-order valence-electron chi connectivity index (χ3n) is 4.98. The Morgan fingerprint density at radius 2 is 2.10 bits per heavy atom. The normalized spacial score (nSPS) is 24.0. The highest BCUT2D eigenvalue weighted by Crippen LogP contribution is 2.40. The summed E-state index contributed by atoms with van der Waals surface area (Å²) in [7, 11) is 0. The molecule has 2 heteroatoms. The first kappa shape index (κ1) is 17.0. The van der Waals surface area contributed by atoms with Gasteiger partial charge < -0.3 is 5.32 Å². The van der Waals surface area contributed by atoms with E-state index in [0.717, 1.165) is 18.4 Å². The highest BCUT2D eigenvalue weighted by atomic mass is 79.9. The topological polar surface area (TPSA) is 12.0 Å². The summed E-state index contributed by atoms with van der Waals surface area (Å²) in [6, 6.07) is 7.34. The predicted molar refractivity (Wildman–Crippen MR) is 95.7 cm³/mol. The van der Waals surface area contributed by atoms with E-state index in [4.69, 9.17) is 0 Å². The van der Waals surface area contributed by atoms with Crippen LogP contribution in [0.25, 0.3) is 0 Å². The van der Waals surface area contributed by atoms with E-state index in [0.29, 0.717) is 6.04 Å². The van der Waals surface area contributed by atoms with Crippen LogP contribution in [0.3, 0.4) is 0 Å².